The molecule has 3 N–H and O–H groups in total. The van der Waals surface area contributed by atoms with E-state index in [2.05, 4.69) is 0 Å². The van der Waals surface area contributed by atoms with Crippen molar-refractivity contribution in [3.8, 4) is 11.5 Å². The second-order valence-electron chi connectivity index (χ2n) is 5.26. The van der Waals surface area contributed by atoms with Gasteiger partial charge in [-0.2, -0.15) is 0 Å². The number of carbonyl (C=O) groups is 1. The van der Waals surface area contributed by atoms with Crippen molar-refractivity contribution in [2.75, 3.05) is 6.61 Å². The summed E-state index contributed by atoms with van der Waals surface area (Å²) >= 11 is 0. The first-order valence-electron chi connectivity index (χ1n) is 6.76. The van der Waals surface area contributed by atoms with E-state index in [0.717, 1.165) is 18.4 Å². The maximum Gasteiger partial charge on any atom is 0.133 e. The second-order valence-corrected chi connectivity index (χ2v) is 5.26. The summed E-state index contributed by atoms with van der Waals surface area (Å²) in [5.74, 6) is 0.593. The lowest BCUT2D eigenvalue weighted by atomic mass is 9.73. The third-order valence-electron chi connectivity index (χ3n) is 3.96. The van der Waals surface area contributed by atoms with Crippen molar-refractivity contribution in [1.82, 2.24) is 0 Å². The number of aliphatic hydroxyl groups is 1. The van der Waals surface area contributed by atoms with Gasteiger partial charge in [-0.1, -0.05) is 6.07 Å². The van der Waals surface area contributed by atoms with E-state index in [-0.39, 0.29) is 29.8 Å². The third-order valence-corrected chi connectivity index (χ3v) is 3.96. The van der Waals surface area contributed by atoms with E-state index in [1.807, 2.05) is 0 Å². The molecular weight excluding hydrogens is 244 g/mol. The molecule has 1 aromatic rings. The zero-order chi connectivity index (χ0) is 13.8. The van der Waals surface area contributed by atoms with Crippen molar-refractivity contribution in [1.29, 1.82) is 0 Å². The summed E-state index contributed by atoms with van der Waals surface area (Å²) in [7, 11) is 0. The van der Waals surface area contributed by atoms with Crippen LogP contribution in [0.4, 0.5) is 0 Å². The Morgan fingerprint density at radius 1 is 1.26 bits per heavy atom. The molecule has 1 aliphatic carbocycles. The maximum absolute atomic E-state index is 11.7. The number of aliphatic hydroxyl groups excluding tert-OH is 1. The van der Waals surface area contributed by atoms with Crippen molar-refractivity contribution < 1.29 is 20.1 Å². The van der Waals surface area contributed by atoms with E-state index < -0.39 is 0 Å². The first-order chi connectivity index (χ1) is 9.11. The third kappa shape index (κ3) is 3.26. The number of rotatable bonds is 4. The normalized spacial score (nSPS) is 23.5. The van der Waals surface area contributed by atoms with Gasteiger partial charge in [0.25, 0.3) is 0 Å². The lowest BCUT2D eigenvalue weighted by molar-refractivity contribution is -0.121. The number of Topliss-reactive ketones (excluding diaryl/α,β-unsaturated/α-hetero) is 1. The molecule has 1 aliphatic rings. The van der Waals surface area contributed by atoms with Gasteiger partial charge in [0.05, 0.1) is 0 Å². The van der Waals surface area contributed by atoms with E-state index in [9.17, 15) is 15.0 Å². The Labute approximate surface area is 112 Å². The van der Waals surface area contributed by atoms with E-state index in [4.69, 9.17) is 5.11 Å². The molecule has 0 aromatic heterocycles. The molecule has 2 rings (SSSR count). The summed E-state index contributed by atoms with van der Waals surface area (Å²) in [4.78, 5) is 11.7. The molecule has 0 aliphatic heterocycles. The molecule has 0 saturated heterocycles. The van der Waals surface area contributed by atoms with Gasteiger partial charge in [-0.15, -0.1) is 0 Å². The molecule has 0 amide bonds. The molecule has 0 unspecified atom stereocenters. The smallest absolute Gasteiger partial charge is 0.133 e. The fraction of sp³-hybridized carbons (Fsp3) is 0.533. The minimum absolute atomic E-state index is 0.00611. The number of phenols is 2. The summed E-state index contributed by atoms with van der Waals surface area (Å²) in [5.41, 5.74) is 0.730. The number of ketones is 1. The Bertz CT molecular complexity index is 455. The van der Waals surface area contributed by atoms with Crippen LogP contribution in [0.15, 0.2) is 18.2 Å². The highest BCUT2D eigenvalue weighted by Gasteiger charge is 2.31. The van der Waals surface area contributed by atoms with Crippen molar-refractivity contribution in [3.05, 3.63) is 23.8 Å². The summed E-state index contributed by atoms with van der Waals surface area (Å²) in [6.45, 7) is 0.152. The Kier molecular flexibility index (Phi) is 4.43. The summed E-state index contributed by atoms with van der Waals surface area (Å²) < 4.78 is 0. The molecule has 0 bridgehead atoms. The molecule has 1 aromatic carbocycles. The van der Waals surface area contributed by atoms with E-state index in [0.29, 0.717) is 25.2 Å². The Morgan fingerprint density at radius 3 is 2.74 bits per heavy atom. The van der Waals surface area contributed by atoms with Gasteiger partial charge in [-0.05, 0) is 42.7 Å². The van der Waals surface area contributed by atoms with Gasteiger partial charge in [-0.25, -0.2) is 0 Å². The van der Waals surface area contributed by atoms with Crippen LogP contribution in [0.5, 0.6) is 11.5 Å². The minimum atomic E-state index is -0.00611. The van der Waals surface area contributed by atoms with Gasteiger partial charge >= 0.3 is 0 Å². The maximum atomic E-state index is 11.7. The van der Waals surface area contributed by atoms with Crippen LogP contribution in [0.3, 0.4) is 0 Å². The fourth-order valence-corrected chi connectivity index (χ4v) is 2.97. The first-order valence-corrected chi connectivity index (χ1v) is 6.76. The Hall–Kier alpha value is -1.55. The second kappa shape index (κ2) is 6.06. The van der Waals surface area contributed by atoms with Crippen molar-refractivity contribution in [3.63, 3.8) is 0 Å². The van der Waals surface area contributed by atoms with Gasteiger partial charge in [-0.3, -0.25) is 4.79 Å². The molecule has 4 heteroatoms. The van der Waals surface area contributed by atoms with Crippen molar-refractivity contribution in [2.45, 2.75) is 38.0 Å². The lowest BCUT2D eigenvalue weighted by Gasteiger charge is -2.31. The molecule has 1 saturated carbocycles. The molecule has 2 atom stereocenters. The van der Waals surface area contributed by atoms with Crippen LogP contribution in [0.25, 0.3) is 0 Å². The average Bonchev–Trinajstić information content (AvgIpc) is 2.37. The molecule has 0 radical (unpaired) electrons. The highest BCUT2D eigenvalue weighted by Crippen LogP contribution is 2.42. The number of hydrogen-bond donors (Lipinski definition) is 3. The van der Waals surface area contributed by atoms with Crippen LogP contribution in [-0.4, -0.2) is 27.7 Å². The minimum Gasteiger partial charge on any atom is -0.508 e. The van der Waals surface area contributed by atoms with Gasteiger partial charge < -0.3 is 15.3 Å². The van der Waals surface area contributed by atoms with Crippen LogP contribution in [0.1, 0.15) is 43.6 Å². The lowest BCUT2D eigenvalue weighted by Crippen LogP contribution is -2.23. The molecule has 0 heterocycles. The van der Waals surface area contributed by atoms with Crippen LogP contribution in [0.2, 0.25) is 0 Å². The van der Waals surface area contributed by atoms with Crippen LogP contribution in [0, 0.1) is 5.92 Å². The van der Waals surface area contributed by atoms with E-state index >= 15 is 0 Å². The molecule has 4 nitrogen and oxygen atoms in total. The molecule has 1 fully saturated rings. The predicted octanol–water partition coefficient (Wildman–Crippen LogP) is 2.32. The van der Waals surface area contributed by atoms with Crippen LogP contribution in [-0.2, 0) is 4.79 Å². The van der Waals surface area contributed by atoms with E-state index in [1.165, 1.54) is 12.1 Å². The first kappa shape index (κ1) is 13.9. The number of hydrogen-bond acceptors (Lipinski definition) is 4. The summed E-state index contributed by atoms with van der Waals surface area (Å²) in [6, 6.07) is 4.55. The topological polar surface area (TPSA) is 77.8 Å². The molecule has 104 valence electrons. The predicted molar refractivity (Wildman–Crippen MR) is 71.2 cm³/mol. The fourth-order valence-electron chi connectivity index (χ4n) is 2.97. The van der Waals surface area contributed by atoms with Gasteiger partial charge in [0.15, 0.2) is 0 Å². The molecule has 0 spiro atoms. The largest absolute Gasteiger partial charge is 0.508 e. The number of carbonyl (C=O) groups excluding carboxylic acids is 1. The zero-order valence-corrected chi connectivity index (χ0v) is 10.9. The Balaban J connectivity index is 2.23. The van der Waals surface area contributed by atoms with Crippen molar-refractivity contribution >= 4 is 5.78 Å². The standard InChI is InChI=1S/C15H20O4/c16-7-1-2-10-3-4-11(17)8-14(10)13-6-5-12(18)9-15(13)19/h5-6,9-10,14,16,18-19H,1-4,7-8H2/t10-,14-/m1/s1. The molecular formula is C15H20O4. The number of aromatic hydroxyl groups is 2. The SMILES string of the molecule is O=C1CC[C@@H](CCCO)[C@H](c2ccc(O)cc2O)C1. The van der Waals surface area contributed by atoms with Gasteiger partial charge in [0, 0.05) is 25.5 Å². The monoisotopic (exact) mass is 264 g/mol. The zero-order valence-electron chi connectivity index (χ0n) is 10.9. The van der Waals surface area contributed by atoms with Crippen LogP contribution >= 0.6 is 0 Å². The molecule has 19 heavy (non-hydrogen) atoms. The number of benzene rings is 1. The van der Waals surface area contributed by atoms with E-state index in [1.54, 1.807) is 6.07 Å². The quantitative estimate of drug-likeness (QED) is 0.780. The Morgan fingerprint density at radius 2 is 2.05 bits per heavy atom. The van der Waals surface area contributed by atoms with Gasteiger partial charge in [0.1, 0.15) is 17.3 Å². The highest BCUT2D eigenvalue weighted by atomic mass is 16.3. The average molecular weight is 264 g/mol. The van der Waals surface area contributed by atoms with Crippen molar-refractivity contribution in [2.24, 2.45) is 5.92 Å². The summed E-state index contributed by atoms with van der Waals surface area (Å²) in [6.07, 6.45) is 3.41. The number of phenolic OH excluding ortho intramolecular Hbond substituents is 2. The summed E-state index contributed by atoms with van der Waals surface area (Å²) in [5, 5.41) is 28.2. The van der Waals surface area contributed by atoms with Gasteiger partial charge in [0.2, 0.25) is 0 Å². The van der Waals surface area contributed by atoms with Crippen LogP contribution < -0.4 is 0 Å². The highest BCUT2D eigenvalue weighted by molar-refractivity contribution is 5.80.